The standard InChI is InChI=1S/C13H20N2O2S/c1-9-3-2-4-10(6-5-9)14-7-11-8-18-12(15-11)13(16)17/h8-10,14H,2-7H2,1H3,(H,16,17). The fraction of sp³-hybridized carbons (Fsp3) is 0.692. The van der Waals surface area contributed by atoms with Gasteiger partial charge in [-0.15, -0.1) is 11.3 Å². The summed E-state index contributed by atoms with van der Waals surface area (Å²) in [6, 6.07) is 0.560. The molecule has 2 N–H and O–H groups in total. The van der Waals surface area contributed by atoms with Crippen molar-refractivity contribution in [2.45, 2.75) is 51.6 Å². The van der Waals surface area contributed by atoms with Gasteiger partial charge in [-0.25, -0.2) is 9.78 Å². The molecule has 100 valence electrons. The quantitative estimate of drug-likeness (QED) is 0.824. The van der Waals surface area contributed by atoms with Crippen molar-refractivity contribution in [2.75, 3.05) is 0 Å². The van der Waals surface area contributed by atoms with Crippen LogP contribution in [-0.2, 0) is 6.54 Å². The van der Waals surface area contributed by atoms with Gasteiger partial charge in [0.1, 0.15) is 0 Å². The molecule has 1 aliphatic rings. The largest absolute Gasteiger partial charge is 0.476 e. The van der Waals surface area contributed by atoms with Crippen molar-refractivity contribution in [1.29, 1.82) is 0 Å². The second-order valence-corrected chi connectivity index (χ2v) is 6.00. The predicted molar refractivity (Wildman–Crippen MR) is 72.0 cm³/mol. The molecule has 0 aliphatic heterocycles. The number of aromatic nitrogens is 1. The summed E-state index contributed by atoms with van der Waals surface area (Å²) >= 11 is 1.20. The molecule has 0 bridgehead atoms. The molecule has 1 aromatic rings. The lowest BCUT2D eigenvalue weighted by Crippen LogP contribution is -2.28. The van der Waals surface area contributed by atoms with E-state index in [1.807, 2.05) is 5.38 Å². The molecule has 0 saturated heterocycles. The normalized spacial score (nSPS) is 24.7. The Morgan fingerprint density at radius 1 is 1.50 bits per heavy atom. The van der Waals surface area contributed by atoms with Crippen LogP contribution >= 0.6 is 11.3 Å². The Kier molecular flexibility index (Phi) is 4.72. The number of hydrogen-bond acceptors (Lipinski definition) is 4. The predicted octanol–water partition coefficient (Wildman–Crippen LogP) is 2.90. The minimum absolute atomic E-state index is 0.182. The van der Waals surface area contributed by atoms with E-state index in [1.54, 1.807) is 0 Å². The van der Waals surface area contributed by atoms with Crippen molar-refractivity contribution in [1.82, 2.24) is 10.3 Å². The van der Waals surface area contributed by atoms with Crippen molar-refractivity contribution in [3.05, 3.63) is 16.1 Å². The molecule has 0 aromatic carbocycles. The highest BCUT2D eigenvalue weighted by Crippen LogP contribution is 2.22. The SMILES string of the molecule is CC1CCCC(NCc2csc(C(=O)O)n2)CC1. The lowest BCUT2D eigenvalue weighted by molar-refractivity contribution is 0.0696. The highest BCUT2D eigenvalue weighted by molar-refractivity contribution is 7.11. The van der Waals surface area contributed by atoms with Gasteiger partial charge >= 0.3 is 5.97 Å². The van der Waals surface area contributed by atoms with Crippen LogP contribution < -0.4 is 5.32 Å². The fourth-order valence-electron chi connectivity index (χ4n) is 2.43. The van der Waals surface area contributed by atoms with Crippen molar-refractivity contribution in [3.8, 4) is 0 Å². The van der Waals surface area contributed by atoms with Crippen LogP contribution in [0, 0.1) is 5.92 Å². The third-order valence-electron chi connectivity index (χ3n) is 3.56. The molecule has 1 heterocycles. The summed E-state index contributed by atoms with van der Waals surface area (Å²) in [6.07, 6.45) is 6.35. The van der Waals surface area contributed by atoms with E-state index >= 15 is 0 Å². The van der Waals surface area contributed by atoms with E-state index in [4.69, 9.17) is 5.11 Å². The summed E-state index contributed by atoms with van der Waals surface area (Å²) in [7, 11) is 0. The number of nitrogens with one attached hydrogen (secondary N) is 1. The summed E-state index contributed by atoms with van der Waals surface area (Å²) in [6.45, 7) is 3.00. The molecule has 1 aromatic heterocycles. The molecule has 1 saturated carbocycles. The van der Waals surface area contributed by atoms with E-state index in [9.17, 15) is 4.79 Å². The molecule has 18 heavy (non-hydrogen) atoms. The molecule has 4 nitrogen and oxygen atoms in total. The van der Waals surface area contributed by atoms with Crippen LogP contribution in [-0.4, -0.2) is 22.1 Å². The van der Waals surface area contributed by atoms with Crippen LogP contribution in [0.1, 0.15) is 54.5 Å². The van der Waals surface area contributed by atoms with Gasteiger partial charge in [0.05, 0.1) is 5.69 Å². The monoisotopic (exact) mass is 268 g/mol. The number of carbonyl (C=O) groups is 1. The van der Waals surface area contributed by atoms with E-state index in [2.05, 4.69) is 17.2 Å². The second kappa shape index (κ2) is 6.29. The summed E-state index contributed by atoms with van der Waals surface area (Å²) < 4.78 is 0. The van der Waals surface area contributed by atoms with Crippen molar-refractivity contribution in [2.24, 2.45) is 5.92 Å². The van der Waals surface area contributed by atoms with Crippen molar-refractivity contribution < 1.29 is 9.90 Å². The maximum atomic E-state index is 10.7. The second-order valence-electron chi connectivity index (χ2n) is 5.14. The Hall–Kier alpha value is -0.940. The summed E-state index contributed by atoms with van der Waals surface area (Å²) in [5.41, 5.74) is 0.842. The minimum Gasteiger partial charge on any atom is -0.476 e. The molecule has 2 rings (SSSR count). The number of nitrogens with zero attached hydrogens (tertiary/aromatic N) is 1. The molecule has 0 amide bonds. The zero-order chi connectivity index (χ0) is 13.0. The third kappa shape index (κ3) is 3.78. The lowest BCUT2D eigenvalue weighted by atomic mass is 10.0. The number of carboxylic acids is 1. The van der Waals surface area contributed by atoms with E-state index in [0.717, 1.165) is 11.6 Å². The smallest absolute Gasteiger partial charge is 0.365 e. The average molecular weight is 268 g/mol. The first kappa shape index (κ1) is 13.5. The number of hydrogen-bond donors (Lipinski definition) is 2. The van der Waals surface area contributed by atoms with Gasteiger partial charge in [-0.05, 0) is 25.2 Å². The number of rotatable bonds is 4. The zero-order valence-electron chi connectivity index (χ0n) is 10.7. The molecular weight excluding hydrogens is 248 g/mol. The molecule has 0 radical (unpaired) electrons. The van der Waals surface area contributed by atoms with Crippen molar-refractivity contribution in [3.63, 3.8) is 0 Å². The first-order valence-electron chi connectivity index (χ1n) is 6.56. The molecule has 5 heteroatoms. The maximum Gasteiger partial charge on any atom is 0.365 e. The Morgan fingerprint density at radius 3 is 3.06 bits per heavy atom. The highest BCUT2D eigenvalue weighted by atomic mass is 32.1. The molecular formula is C13H20N2O2S. The molecule has 1 aliphatic carbocycles. The van der Waals surface area contributed by atoms with E-state index < -0.39 is 5.97 Å². The maximum absolute atomic E-state index is 10.7. The van der Waals surface area contributed by atoms with E-state index in [1.165, 1.54) is 43.4 Å². The van der Waals surface area contributed by atoms with Crippen LogP contribution in [0.3, 0.4) is 0 Å². The minimum atomic E-state index is -0.936. The van der Waals surface area contributed by atoms with Crippen LogP contribution in [0.5, 0.6) is 0 Å². The van der Waals surface area contributed by atoms with Gasteiger partial charge in [0.15, 0.2) is 0 Å². The lowest BCUT2D eigenvalue weighted by Gasteiger charge is -2.15. The number of carboxylic acid groups (broad SMARTS) is 1. The molecule has 2 atom stereocenters. The van der Waals surface area contributed by atoms with Crippen LogP contribution in [0.15, 0.2) is 5.38 Å². The Balaban J connectivity index is 1.81. The van der Waals surface area contributed by atoms with Gasteiger partial charge in [0.25, 0.3) is 0 Å². The van der Waals surface area contributed by atoms with Gasteiger partial charge in [-0.3, -0.25) is 0 Å². The van der Waals surface area contributed by atoms with Crippen LogP contribution in [0.4, 0.5) is 0 Å². The Labute approximate surface area is 111 Å². The van der Waals surface area contributed by atoms with E-state index in [0.29, 0.717) is 12.6 Å². The van der Waals surface area contributed by atoms with Crippen molar-refractivity contribution >= 4 is 17.3 Å². The molecule has 0 spiro atoms. The summed E-state index contributed by atoms with van der Waals surface area (Å²) in [5, 5.41) is 14.3. The average Bonchev–Trinajstić information content (AvgIpc) is 2.72. The van der Waals surface area contributed by atoms with Gasteiger partial charge in [0, 0.05) is 18.0 Å². The first-order valence-corrected chi connectivity index (χ1v) is 7.44. The Bertz CT molecular complexity index is 405. The Morgan fingerprint density at radius 2 is 2.33 bits per heavy atom. The van der Waals surface area contributed by atoms with E-state index in [-0.39, 0.29) is 5.01 Å². The molecule has 1 fully saturated rings. The number of thiazole rings is 1. The van der Waals surface area contributed by atoms with Crippen LogP contribution in [0.2, 0.25) is 0 Å². The van der Waals surface area contributed by atoms with Gasteiger partial charge in [0.2, 0.25) is 5.01 Å². The van der Waals surface area contributed by atoms with Gasteiger partial charge in [-0.2, -0.15) is 0 Å². The third-order valence-corrected chi connectivity index (χ3v) is 4.44. The zero-order valence-corrected chi connectivity index (χ0v) is 11.5. The summed E-state index contributed by atoms with van der Waals surface area (Å²) in [4.78, 5) is 14.8. The summed E-state index contributed by atoms with van der Waals surface area (Å²) in [5.74, 6) is -0.0933. The van der Waals surface area contributed by atoms with Crippen LogP contribution in [0.25, 0.3) is 0 Å². The fourth-order valence-corrected chi connectivity index (χ4v) is 3.08. The van der Waals surface area contributed by atoms with Gasteiger partial charge < -0.3 is 10.4 Å². The highest BCUT2D eigenvalue weighted by Gasteiger charge is 2.16. The first-order chi connectivity index (χ1) is 8.65. The topological polar surface area (TPSA) is 62.2 Å². The number of aromatic carboxylic acids is 1. The van der Waals surface area contributed by atoms with Gasteiger partial charge in [-0.1, -0.05) is 19.8 Å². The molecule has 2 unspecified atom stereocenters.